The van der Waals surface area contributed by atoms with Gasteiger partial charge >= 0.3 is 5.97 Å². The minimum atomic E-state index is -0.523. The van der Waals surface area contributed by atoms with E-state index in [0.717, 1.165) is 22.3 Å². The molecule has 3 rings (SSSR count). The summed E-state index contributed by atoms with van der Waals surface area (Å²) in [7, 11) is 0. The van der Waals surface area contributed by atoms with E-state index >= 15 is 0 Å². The topological polar surface area (TPSA) is 85.7 Å². The summed E-state index contributed by atoms with van der Waals surface area (Å²) in [6.07, 6.45) is 6.80. The van der Waals surface area contributed by atoms with Gasteiger partial charge in [-0.25, -0.2) is 14.8 Å². The highest BCUT2D eigenvalue weighted by Gasteiger charge is 2.24. The van der Waals surface area contributed by atoms with E-state index in [0.29, 0.717) is 0 Å². The van der Waals surface area contributed by atoms with Crippen molar-refractivity contribution in [1.82, 2.24) is 24.7 Å². The molecule has 1 atom stereocenters. The van der Waals surface area contributed by atoms with E-state index in [9.17, 15) is 4.79 Å². The lowest BCUT2D eigenvalue weighted by Gasteiger charge is -2.22. The molecule has 0 aliphatic carbocycles. The first kappa shape index (κ1) is 15.2. The lowest BCUT2D eigenvalue weighted by molar-refractivity contribution is -0.158. The quantitative estimate of drug-likeness (QED) is 0.751. The van der Waals surface area contributed by atoms with Crippen molar-refractivity contribution < 1.29 is 11.0 Å². The Morgan fingerprint density at radius 3 is 2.91 bits per heavy atom. The van der Waals surface area contributed by atoms with Crippen LogP contribution >= 0.6 is 0 Å². The molecule has 7 heteroatoms. The lowest BCUT2D eigenvalue weighted by Crippen LogP contribution is -2.29. The van der Waals surface area contributed by atoms with E-state index in [2.05, 4.69) is 20.1 Å². The van der Waals surface area contributed by atoms with Gasteiger partial charge in [0.2, 0.25) is 0 Å². The molecule has 0 fully saturated rings. The van der Waals surface area contributed by atoms with Crippen LogP contribution in [0.1, 0.15) is 35.2 Å². The van der Waals surface area contributed by atoms with Crippen molar-refractivity contribution in [2.75, 3.05) is 0 Å². The van der Waals surface area contributed by atoms with E-state index in [1.165, 1.54) is 6.33 Å². The maximum absolute atomic E-state index is 12.2. The Morgan fingerprint density at radius 2 is 2.17 bits per heavy atom. The van der Waals surface area contributed by atoms with Crippen molar-refractivity contribution >= 4 is 17.0 Å². The Hall–Kier alpha value is -2.70. The van der Waals surface area contributed by atoms with Crippen molar-refractivity contribution in [2.24, 2.45) is 0 Å². The maximum Gasteiger partial charge on any atom is 0.331 e. The second-order valence-corrected chi connectivity index (χ2v) is 6.38. The summed E-state index contributed by atoms with van der Waals surface area (Å²) in [5.74, 6) is -0.318. The number of carbonyl (C=O) groups is 1. The summed E-state index contributed by atoms with van der Waals surface area (Å²) in [6, 6.07) is 1.41. The van der Waals surface area contributed by atoms with E-state index < -0.39 is 11.6 Å². The fourth-order valence-corrected chi connectivity index (χ4v) is 2.27. The number of aromatic amines is 1. The normalized spacial score (nSPS) is 13.2. The molecule has 0 bridgehead atoms. The van der Waals surface area contributed by atoms with Crippen molar-refractivity contribution in [3.8, 4) is 11.3 Å². The summed E-state index contributed by atoms with van der Waals surface area (Å²) < 4.78 is 6.98. The summed E-state index contributed by atoms with van der Waals surface area (Å²) in [6.45, 7) is 7.29. The van der Waals surface area contributed by atoms with Crippen molar-refractivity contribution in [1.29, 1.82) is 0 Å². The maximum atomic E-state index is 12.2. The molecule has 23 heavy (non-hydrogen) atoms. The minimum Gasteiger partial charge on any atom is -0.458 e. The highest BCUT2D eigenvalue weighted by molar-refractivity contribution is 5.90. The van der Waals surface area contributed by atoms with Crippen LogP contribution < -0.4 is 0 Å². The third kappa shape index (κ3) is 3.08. The average Bonchev–Trinajstić information content (AvgIpc) is 3.13. The Morgan fingerprint density at radius 1 is 1.39 bits per heavy atom. The van der Waals surface area contributed by atoms with Gasteiger partial charge in [-0.2, -0.15) is 5.10 Å². The van der Waals surface area contributed by atoms with E-state index in [1.807, 2.05) is 33.0 Å². The molecule has 3 heterocycles. The van der Waals surface area contributed by atoms with Gasteiger partial charge in [0.1, 0.15) is 23.6 Å². The lowest BCUT2D eigenvalue weighted by atomic mass is 10.2. The van der Waals surface area contributed by atoms with Gasteiger partial charge in [0, 0.05) is 24.8 Å². The van der Waals surface area contributed by atoms with Crippen molar-refractivity contribution in [2.45, 2.75) is 39.3 Å². The van der Waals surface area contributed by atoms with E-state index in [1.54, 1.807) is 24.0 Å². The SMILES string of the molecule is CC(C(=O)OC(C)(C)C)n1cc(-c2ncnc3[nH]ccc23)cn1.[HH]. The number of esters is 1. The number of hydrogen-bond donors (Lipinski definition) is 1. The first-order chi connectivity index (χ1) is 10.8. The Kier molecular flexibility index (Phi) is 3.63. The molecule has 0 saturated carbocycles. The first-order valence-corrected chi connectivity index (χ1v) is 7.40. The summed E-state index contributed by atoms with van der Waals surface area (Å²) in [5.41, 5.74) is 1.85. The van der Waals surface area contributed by atoms with Crippen LogP contribution in [0.3, 0.4) is 0 Å². The average molecular weight is 315 g/mol. The number of fused-ring (bicyclic) bond motifs is 1. The van der Waals surface area contributed by atoms with Crippen LogP contribution in [-0.4, -0.2) is 36.3 Å². The van der Waals surface area contributed by atoms with Gasteiger partial charge in [-0.3, -0.25) is 4.68 Å². The molecule has 0 aliphatic rings. The zero-order valence-electron chi connectivity index (χ0n) is 13.6. The predicted molar refractivity (Wildman–Crippen MR) is 87.8 cm³/mol. The standard InChI is InChI=1S/C16H19N5O2.H2/c1-10(15(22)23-16(2,3)4)21-8-11(7-20-21)13-12-5-6-17-14(12)19-9-18-13;/h5-10H,1-4H3,(H,17,18,19);1H. The molecular formula is C16H21N5O2. The Balaban J connectivity index is 0.00000208. The van der Waals surface area contributed by atoms with Crippen LogP contribution in [0.15, 0.2) is 31.0 Å². The van der Waals surface area contributed by atoms with Crippen LogP contribution in [0.25, 0.3) is 22.3 Å². The number of hydrogen-bond acceptors (Lipinski definition) is 5. The van der Waals surface area contributed by atoms with Crippen LogP contribution in [0, 0.1) is 0 Å². The van der Waals surface area contributed by atoms with Crippen LogP contribution in [0.4, 0.5) is 0 Å². The zero-order chi connectivity index (χ0) is 16.6. The molecule has 0 radical (unpaired) electrons. The van der Waals surface area contributed by atoms with Crippen LogP contribution in [0.2, 0.25) is 0 Å². The monoisotopic (exact) mass is 315 g/mol. The van der Waals surface area contributed by atoms with Crippen molar-refractivity contribution in [3.63, 3.8) is 0 Å². The number of H-pyrrole nitrogens is 1. The Labute approximate surface area is 135 Å². The van der Waals surface area contributed by atoms with Gasteiger partial charge in [-0.05, 0) is 33.8 Å². The number of aromatic nitrogens is 5. The smallest absolute Gasteiger partial charge is 0.331 e. The van der Waals surface area contributed by atoms with Crippen LogP contribution in [0.5, 0.6) is 0 Å². The third-order valence-electron chi connectivity index (χ3n) is 3.37. The van der Waals surface area contributed by atoms with E-state index in [-0.39, 0.29) is 7.40 Å². The van der Waals surface area contributed by atoms with Gasteiger partial charge in [-0.1, -0.05) is 0 Å². The molecule has 0 spiro atoms. The number of rotatable bonds is 3. The molecule has 0 amide bonds. The molecule has 0 aromatic carbocycles. The summed E-state index contributed by atoms with van der Waals surface area (Å²) in [5, 5.41) is 5.19. The van der Waals surface area contributed by atoms with Crippen LogP contribution in [-0.2, 0) is 9.53 Å². The second kappa shape index (κ2) is 5.49. The molecule has 7 nitrogen and oxygen atoms in total. The van der Waals surface area contributed by atoms with Gasteiger partial charge in [0.15, 0.2) is 0 Å². The molecule has 0 aliphatic heterocycles. The molecule has 1 N–H and O–H groups in total. The number of ether oxygens (including phenoxy) is 1. The van der Waals surface area contributed by atoms with Gasteiger partial charge in [-0.15, -0.1) is 0 Å². The molecule has 0 saturated heterocycles. The zero-order valence-corrected chi connectivity index (χ0v) is 13.6. The summed E-state index contributed by atoms with van der Waals surface area (Å²) in [4.78, 5) is 23.7. The largest absolute Gasteiger partial charge is 0.458 e. The predicted octanol–water partition coefficient (Wildman–Crippen LogP) is 2.97. The van der Waals surface area contributed by atoms with E-state index in [4.69, 9.17) is 4.74 Å². The number of nitrogens with one attached hydrogen (secondary N) is 1. The number of carbonyl (C=O) groups excluding carboxylic acids is 1. The van der Waals surface area contributed by atoms with Gasteiger partial charge in [0.05, 0.1) is 11.9 Å². The molecular weight excluding hydrogens is 294 g/mol. The molecule has 3 aromatic rings. The molecule has 1 unspecified atom stereocenters. The highest BCUT2D eigenvalue weighted by Crippen LogP contribution is 2.25. The minimum absolute atomic E-state index is 0. The fraction of sp³-hybridized carbons (Fsp3) is 0.375. The van der Waals surface area contributed by atoms with Crippen molar-refractivity contribution in [3.05, 3.63) is 31.0 Å². The third-order valence-corrected chi connectivity index (χ3v) is 3.37. The molecule has 122 valence electrons. The fourth-order valence-electron chi connectivity index (χ4n) is 2.27. The molecule has 3 aromatic heterocycles. The Bertz CT molecular complexity index is 849. The second-order valence-electron chi connectivity index (χ2n) is 6.38. The van der Waals surface area contributed by atoms with Gasteiger partial charge < -0.3 is 9.72 Å². The summed E-state index contributed by atoms with van der Waals surface area (Å²) >= 11 is 0. The number of nitrogens with zero attached hydrogens (tertiary/aromatic N) is 4. The first-order valence-electron chi connectivity index (χ1n) is 7.40. The highest BCUT2D eigenvalue weighted by atomic mass is 16.6. The van der Waals surface area contributed by atoms with Gasteiger partial charge in [0.25, 0.3) is 0 Å².